The van der Waals surface area contributed by atoms with Crippen molar-refractivity contribution in [2.75, 3.05) is 7.05 Å². The first-order chi connectivity index (χ1) is 4.85. The molecular formula is C8H14N2. The molecule has 0 rings (SSSR count). The van der Waals surface area contributed by atoms with Crippen molar-refractivity contribution in [3.63, 3.8) is 0 Å². The summed E-state index contributed by atoms with van der Waals surface area (Å²) in [6, 6.07) is 0.226. The van der Waals surface area contributed by atoms with Crippen molar-refractivity contribution in [1.29, 1.82) is 0 Å². The average molecular weight is 138 g/mol. The number of rotatable bonds is 4. The van der Waals surface area contributed by atoms with E-state index in [9.17, 15) is 0 Å². The van der Waals surface area contributed by atoms with E-state index in [4.69, 9.17) is 0 Å². The fourth-order valence-electron chi connectivity index (χ4n) is 0.521. The average Bonchev–Trinajstić information content (AvgIpc) is 1.99. The zero-order chi connectivity index (χ0) is 7.82. The molecule has 0 fully saturated rings. The Morgan fingerprint density at radius 1 is 1.60 bits per heavy atom. The molecule has 2 nitrogen and oxygen atoms in total. The van der Waals surface area contributed by atoms with Gasteiger partial charge in [-0.15, -0.1) is 6.58 Å². The number of nitrogens with zero attached hydrogens (tertiary/aromatic N) is 1. The molecule has 2 heteroatoms. The van der Waals surface area contributed by atoms with E-state index < -0.39 is 0 Å². The van der Waals surface area contributed by atoms with Crippen molar-refractivity contribution >= 4 is 6.21 Å². The molecule has 56 valence electrons. The summed E-state index contributed by atoms with van der Waals surface area (Å²) in [7, 11) is 1.88. The lowest BCUT2D eigenvalue weighted by atomic mass is 10.3. The lowest BCUT2D eigenvalue weighted by Crippen LogP contribution is -2.19. The summed E-state index contributed by atoms with van der Waals surface area (Å²) in [4.78, 5) is 3.91. The van der Waals surface area contributed by atoms with Crippen LogP contribution in [0.25, 0.3) is 0 Å². The zero-order valence-corrected chi connectivity index (χ0v) is 6.54. The minimum Gasteiger partial charge on any atom is -0.310 e. The van der Waals surface area contributed by atoms with Gasteiger partial charge in [-0.3, -0.25) is 4.99 Å². The third-order valence-electron chi connectivity index (χ3n) is 1.12. The van der Waals surface area contributed by atoms with Crippen molar-refractivity contribution in [3.05, 3.63) is 24.9 Å². The minimum atomic E-state index is 0.226. The van der Waals surface area contributed by atoms with Gasteiger partial charge in [0, 0.05) is 18.5 Å². The van der Waals surface area contributed by atoms with Crippen molar-refractivity contribution in [2.24, 2.45) is 4.99 Å². The second-order valence-corrected chi connectivity index (χ2v) is 1.80. The summed E-state index contributed by atoms with van der Waals surface area (Å²) >= 11 is 0. The molecule has 0 aromatic carbocycles. The number of hydrogen-bond acceptors (Lipinski definition) is 2. The predicted octanol–water partition coefficient (Wildman–Crippen LogP) is 1.36. The van der Waals surface area contributed by atoms with Gasteiger partial charge in [-0.25, -0.2) is 0 Å². The van der Waals surface area contributed by atoms with Gasteiger partial charge in [-0.2, -0.15) is 0 Å². The fourth-order valence-corrected chi connectivity index (χ4v) is 0.521. The first-order valence-corrected chi connectivity index (χ1v) is 3.29. The Balaban J connectivity index is 3.71. The van der Waals surface area contributed by atoms with Crippen LogP contribution in [-0.2, 0) is 0 Å². The molecule has 0 aromatic heterocycles. The Hall–Kier alpha value is -0.890. The molecule has 0 radical (unpaired) electrons. The lowest BCUT2D eigenvalue weighted by molar-refractivity contribution is 0.791. The maximum absolute atomic E-state index is 3.91. The number of likely N-dealkylation sites (N-methyl/N-ethyl adjacent to an activating group) is 1. The molecule has 1 unspecified atom stereocenters. The molecule has 0 bridgehead atoms. The van der Waals surface area contributed by atoms with E-state index in [0.29, 0.717) is 0 Å². The van der Waals surface area contributed by atoms with E-state index in [1.165, 1.54) is 0 Å². The van der Waals surface area contributed by atoms with Crippen LogP contribution >= 0.6 is 0 Å². The fraction of sp³-hybridized carbons (Fsp3) is 0.375. The van der Waals surface area contributed by atoms with Crippen LogP contribution in [0.1, 0.15) is 6.92 Å². The van der Waals surface area contributed by atoms with Gasteiger partial charge >= 0.3 is 0 Å². The van der Waals surface area contributed by atoms with E-state index in [0.717, 1.165) is 0 Å². The largest absolute Gasteiger partial charge is 0.310 e. The molecule has 1 N–H and O–H groups in total. The monoisotopic (exact) mass is 138 g/mol. The van der Waals surface area contributed by atoms with E-state index in [1.807, 2.05) is 26.1 Å². The van der Waals surface area contributed by atoms with E-state index in [2.05, 4.69) is 16.9 Å². The SMILES string of the molecule is C=CC(/C=C\N=C/C)NC. The molecular weight excluding hydrogens is 124 g/mol. The smallest absolute Gasteiger partial charge is 0.0448 e. The molecule has 10 heavy (non-hydrogen) atoms. The third kappa shape index (κ3) is 4.04. The van der Waals surface area contributed by atoms with Gasteiger partial charge < -0.3 is 5.32 Å². The molecule has 0 aliphatic carbocycles. The topological polar surface area (TPSA) is 24.4 Å². The minimum absolute atomic E-state index is 0.226. The molecule has 1 atom stereocenters. The van der Waals surface area contributed by atoms with Crippen LogP contribution in [-0.4, -0.2) is 19.3 Å². The van der Waals surface area contributed by atoms with Gasteiger partial charge in [-0.05, 0) is 20.0 Å². The van der Waals surface area contributed by atoms with Gasteiger partial charge in [-0.1, -0.05) is 6.08 Å². The molecule has 0 aliphatic rings. The summed E-state index contributed by atoms with van der Waals surface area (Å²) < 4.78 is 0. The normalized spacial score (nSPS) is 14.6. The van der Waals surface area contributed by atoms with Crippen molar-refractivity contribution < 1.29 is 0 Å². The first-order valence-electron chi connectivity index (χ1n) is 3.29. The second-order valence-electron chi connectivity index (χ2n) is 1.80. The lowest BCUT2D eigenvalue weighted by Gasteiger charge is -2.01. The van der Waals surface area contributed by atoms with E-state index in [1.54, 1.807) is 12.4 Å². The van der Waals surface area contributed by atoms with Crippen molar-refractivity contribution in [3.8, 4) is 0 Å². The number of nitrogens with one attached hydrogen (secondary N) is 1. The quantitative estimate of drug-likeness (QED) is 0.460. The molecule has 0 aliphatic heterocycles. The second kappa shape index (κ2) is 6.23. The third-order valence-corrected chi connectivity index (χ3v) is 1.12. The maximum Gasteiger partial charge on any atom is 0.0448 e. The number of hydrogen-bond donors (Lipinski definition) is 1. The van der Waals surface area contributed by atoms with E-state index >= 15 is 0 Å². The maximum atomic E-state index is 3.91. The van der Waals surface area contributed by atoms with Crippen LogP contribution in [0, 0.1) is 0 Å². The Kier molecular flexibility index (Phi) is 5.68. The highest BCUT2D eigenvalue weighted by Crippen LogP contribution is 1.85. The molecule has 0 aromatic rings. The van der Waals surface area contributed by atoms with Crippen LogP contribution in [0.15, 0.2) is 29.9 Å². The van der Waals surface area contributed by atoms with Gasteiger partial charge in [0.1, 0.15) is 0 Å². The summed E-state index contributed by atoms with van der Waals surface area (Å²) in [5.74, 6) is 0. The predicted molar refractivity (Wildman–Crippen MR) is 46.4 cm³/mol. The summed E-state index contributed by atoms with van der Waals surface area (Å²) in [5, 5.41) is 3.03. The highest BCUT2D eigenvalue weighted by atomic mass is 14.8. The molecule has 0 saturated carbocycles. The van der Waals surface area contributed by atoms with Gasteiger partial charge in [0.25, 0.3) is 0 Å². The molecule has 0 spiro atoms. The standard InChI is InChI=1S/C8H14N2/c1-4-8(9-3)6-7-10-5-2/h4-9H,1H2,2-3H3/b7-6-,10-5-. The molecule has 0 amide bonds. The Morgan fingerprint density at radius 2 is 2.30 bits per heavy atom. The summed E-state index contributed by atoms with van der Waals surface area (Å²) in [6.45, 7) is 5.53. The zero-order valence-electron chi connectivity index (χ0n) is 6.54. The Morgan fingerprint density at radius 3 is 2.70 bits per heavy atom. The Bertz CT molecular complexity index is 136. The summed E-state index contributed by atoms with van der Waals surface area (Å²) in [6.07, 6.45) is 7.25. The highest BCUT2D eigenvalue weighted by molar-refractivity contribution is 5.54. The van der Waals surface area contributed by atoms with Crippen LogP contribution in [0.4, 0.5) is 0 Å². The summed E-state index contributed by atoms with van der Waals surface area (Å²) in [5.41, 5.74) is 0. The van der Waals surface area contributed by atoms with Crippen LogP contribution in [0.3, 0.4) is 0 Å². The Labute approximate surface area is 62.4 Å². The van der Waals surface area contributed by atoms with Gasteiger partial charge in [0.15, 0.2) is 0 Å². The first kappa shape index (κ1) is 9.11. The van der Waals surface area contributed by atoms with E-state index in [-0.39, 0.29) is 6.04 Å². The highest BCUT2D eigenvalue weighted by Gasteiger charge is 1.89. The molecule has 0 saturated heterocycles. The van der Waals surface area contributed by atoms with Gasteiger partial charge in [0.2, 0.25) is 0 Å². The van der Waals surface area contributed by atoms with Crippen LogP contribution < -0.4 is 5.32 Å². The van der Waals surface area contributed by atoms with Gasteiger partial charge in [0.05, 0.1) is 0 Å². The van der Waals surface area contributed by atoms with Crippen molar-refractivity contribution in [2.45, 2.75) is 13.0 Å². The van der Waals surface area contributed by atoms with Crippen LogP contribution in [0.5, 0.6) is 0 Å². The van der Waals surface area contributed by atoms with Crippen molar-refractivity contribution in [1.82, 2.24) is 5.32 Å². The molecule has 0 heterocycles. The number of aliphatic imine (C=N–C) groups is 1. The van der Waals surface area contributed by atoms with Crippen LogP contribution in [0.2, 0.25) is 0 Å².